The molecule has 4 fully saturated rings. The summed E-state index contributed by atoms with van der Waals surface area (Å²) in [4.78, 5) is 23.6. The van der Waals surface area contributed by atoms with E-state index in [4.69, 9.17) is 28.4 Å². The van der Waals surface area contributed by atoms with Gasteiger partial charge < -0.3 is 28.4 Å². The Bertz CT molecular complexity index is 1490. The third-order valence-electron chi connectivity index (χ3n) is 12.3. The Kier molecular flexibility index (Phi) is 8.90. The molecule has 0 radical (unpaired) electrons. The van der Waals surface area contributed by atoms with E-state index >= 15 is 0 Å². The summed E-state index contributed by atoms with van der Waals surface area (Å²) in [6, 6.07) is 11.9. The Morgan fingerprint density at radius 2 is 1.04 bits per heavy atom. The molecule has 2 aromatic carbocycles. The number of methoxy groups -OCH3 is 2. The van der Waals surface area contributed by atoms with E-state index in [0.717, 1.165) is 62.5 Å². The highest BCUT2D eigenvalue weighted by molar-refractivity contribution is 5.91. The summed E-state index contributed by atoms with van der Waals surface area (Å²) in [5, 5.41) is 0. The maximum Gasteiger partial charge on any atom is 0.337 e. The van der Waals surface area contributed by atoms with Crippen LogP contribution in [0.3, 0.4) is 0 Å². The zero-order valence-corrected chi connectivity index (χ0v) is 28.7. The Hall–Kier alpha value is -3.30. The maximum absolute atomic E-state index is 11.8. The second-order valence-electron chi connectivity index (χ2n) is 14.2. The van der Waals surface area contributed by atoms with Gasteiger partial charge in [0.25, 0.3) is 0 Å². The largest absolute Gasteiger partial charge is 0.465 e. The van der Waals surface area contributed by atoms with Gasteiger partial charge in [0.15, 0.2) is 11.6 Å². The van der Waals surface area contributed by atoms with Crippen LogP contribution in [-0.2, 0) is 39.3 Å². The first-order chi connectivity index (χ1) is 23.2. The molecule has 2 aromatic rings. The minimum absolute atomic E-state index is 0.110. The van der Waals surface area contributed by atoms with Crippen molar-refractivity contribution in [3.8, 4) is 0 Å². The van der Waals surface area contributed by atoms with Crippen LogP contribution in [-0.4, -0.2) is 64.2 Å². The van der Waals surface area contributed by atoms with Crippen LogP contribution in [0, 0.1) is 11.8 Å². The number of hydrogen-bond acceptors (Lipinski definition) is 8. The molecular formula is C40H48O8. The molecule has 8 nitrogen and oxygen atoms in total. The molecule has 4 atom stereocenters. The van der Waals surface area contributed by atoms with Crippen molar-refractivity contribution < 1.29 is 38.0 Å². The molecule has 0 bridgehead atoms. The number of carbonyl (C=O) groups is 2. The topological polar surface area (TPSA) is 89.5 Å². The van der Waals surface area contributed by atoms with Crippen LogP contribution in [0.5, 0.6) is 0 Å². The minimum atomic E-state index is -0.378. The van der Waals surface area contributed by atoms with Gasteiger partial charge in [-0.1, -0.05) is 50.3 Å². The van der Waals surface area contributed by atoms with Crippen LogP contribution < -0.4 is 0 Å². The van der Waals surface area contributed by atoms with Gasteiger partial charge in [-0.2, -0.15) is 0 Å². The molecule has 2 saturated carbocycles. The summed E-state index contributed by atoms with van der Waals surface area (Å²) in [6.45, 7) is 7.34. The summed E-state index contributed by atoms with van der Waals surface area (Å²) in [5.41, 5.74) is 6.41. The van der Waals surface area contributed by atoms with E-state index in [2.05, 4.69) is 50.3 Å². The number of ether oxygens (including phenoxy) is 6. The highest BCUT2D eigenvalue weighted by atomic mass is 16.7. The predicted octanol–water partition coefficient (Wildman–Crippen LogP) is 7.38. The minimum Gasteiger partial charge on any atom is -0.465 e. The Labute approximate surface area is 283 Å². The summed E-state index contributed by atoms with van der Waals surface area (Å²) >= 11 is 0. The number of fused-ring (bicyclic) bond motifs is 6. The van der Waals surface area contributed by atoms with Gasteiger partial charge in [-0.25, -0.2) is 9.59 Å². The van der Waals surface area contributed by atoms with E-state index in [1.807, 2.05) is 24.3 Å². The first-order valence-electron chi connectivity index (χ1n) is 17.6. The standard InChI is InChI=1S/2C20H24O4/c2*1-3-19-8-9-20(23-10-11-24-20)13-16(19)6-4-14-12-15(18(21)22-2)5-7-17(14)19/h2*4-7,12,16H,3,8-11,13H2,1-2H3/t2*16-,19+/m10/s1. The van der Waals surface area contributed by atoms with Gasteiger partial charge in [0, 0.05) is 36.5 Å². The fourth-order valence-electron chi connectivity index (χ4n) is 9.65. The molecular weight excluding hydrogens is 608 g/mol. The molecule has 48 heavy (non-hydrogen) atoms. The molecule has 0 amide bonds. The summed E-state index contributed by atoms with van der Waals surface area (Å²) in [5.74, 6) is -0.506. The fraction of sp³-hybridized carbons (Fsp3) is 0.550. The molecule has 2 heterocycles. The van der Waals surface area contributed by atoms with Crippen molar-refractivity contribution in [3.05, 3.63) is 81.9 Å². The lowest BCUT2D eigenvalue weighted by atomic mass is 9.57. The number of benzene rings is 2. The molecule has 0 unspecified atom stereocenters. The van der Waals surface area contributed by atoms with Crippen molar-refractivity contribution in [2.24, 2.45) is 11.8 Å². The molecule has 2 spiro atoms. The molecule has 8 heteroatoms. The normalized spacial score (nSPS) is 30.0. The average Bonchev–Trinajstić information content (AvgIpc) is 3.80. The highest BCUT2D eigenvalue weighted by Gasteiger charge is 2.54. The molecule has 2 aliphatic heterocycles. The van der Waals surface area contributed by atoms with Gasteiger partial charge in [0.2, 0.25) is 0 Å². The molecule has 0 N–H and O–H groups in total. The average molecular weight is 657 g/mol. The number of hydrogen-bond donors (Lipinski definition) is 0. The third kappa shape index (κ3) is 5.45. The van der Waals surface area contributed by atoms with Crippen LogP contribution in [0.1, 0.15) is 108 Å². The SMILES string of the molecule is CC[C@@]12CCC3(C[C@@H]1C=Cc1cc(C(=O)OC)ccc12)OCCO3.CC[C@]12CCC3(C[C@H]1C=Cc1cc(C(=O)OC)ccc12)OCCO3. The zero-order chi connectivity index (χ0) is 33.6. The van der Waals surface area contributed by atoms with Gasteiger partial charge in [-0.15, -0.1) is 0 Å². The van der Waals surface area contributed by atoms with E-state index < -0.39 is 0 Å². The monoisotopic (exact) mass is 656 g/mol. The molecule has 8 rings (SSSR count). The summed E-state index contributed by atoms with van der Waals surface area (Å²) < 4.78 is 33.5. The van der Waals surface area contributed by atoms with Crippen molar-refractivity contribution in [1.82, 2.24) is 0 Å². The fourth-order valence-corrected chi connectivity index (χ4v) is 9.65. The molecule has 2 saturated heterocycles. The summed E-state index contributed by atoms with van der Waals surface area (Å²) in [6.07, 6.45) is 16.8. The van der Waals surface area contributed by atoms with Crippen molar-refractivity contribution in [3.63, 3.8) is 0 Å². The Morgan fingerprint density at radius 3 is 1.40 bits per heavy atom. The van der Waals surface area contributed by atoms with E-state index in [1.54, 1.807) is 0 Å². The third-order valence-corrected chi connectivity index (χ3v) is 12.3. The maximum atomic E-state index is 11.8. The van der Waals surface area contributed by atoms with Crippen LogP contribution in [0.4, 0.5) is 0 Å². The number of allylic oxidation sites excluding steroid dienone is 2. The molecule has 4 aliphatic carbocycles. The first kappa shape index (κ1) is 33.2. The second-order valence-corrected chi connectivity index (χ2v) is 14.2. The molecule has 256 valence electrons. The Balaban J connectivity index is 0.000000152. The van der Waals surface area contributed by atoms with Crippen molar-refractivity contribution >= 4 is 24.1 Å². The van der Waals surface area contributed by atoms with Crippen LogP contribution in [0.25, 0.3) is 12.2 Å². The zero-order valence-electron chi connectivity index (χ0n) is 28.7. The molecule has 0 aromatic heterocycles. The number of esters is 2. The molecule has 6 aliphatic rings. The quantitative estimate of drug-likeness (QED) is 0.315. The number of rotatable bonds is 4. The second kappa shape index (κ2) is 12.9. The van der Waals surface area contributed by atoms with Crippen LogP contribution in [0.2, 0.25) is 0 Å². The highest BCUT2D eigenvalue weighted by Crippen LogP contribution is 2.56. The van der Waals surface area contributed by atoms with Crippen LogP contribution >= 0.6 is 0 Å². The van der Waals surface area contributed by atoms with Gasteiger partial charge in [0.05, 0.1) is 51.8 Å². The van der Waals surface area contributed by atoms with E-state index in [1.165, 1.54) is 25.3 Å². The van der Waals surface area contributed by atoms with Crippen molar-refractivity contribution in [1.29, 1.82) is 0 Å². The Morgan fingerprint density at radius 1 is 0.646 bits per heavy atom. The smallest absolute Gasteiger partial charge is 0.337 e. The first-order valence-corrected chi connectivity index (χ1v) is 17.6. The van der Waals surface area contributed by atoms with Gasteiger partial charge in [-0.3, -0.25) is 0 Å². The van der Waals surface area contributed by atoms with E-state index in [-0.39, 0.29) is 34.3 Å². The lowest BCUT2D eigenvalue weighted by Gasteiger charge is -2.50. The summed E-state index contributed by atoms with van der Waals surface area (Å²) in [7, 11) is 2.84. The van der Waals surface area contributed by atoms with Gasteiger partial charge in [0.1, 0.15) is 0 Å². The van der Waals surface area contributed by atoms with E-state index in [0.29, 0.717) is 49.4 Å². The predicted molar refractivity (Wildman–Crippen MR) is 182 cm³/mol. The lowest BCUT2D eigenvalue weighted by Crippen LogP contribution is -2.48. The lowest BCUT2D eigenvalue weighted by molar-refractivity contribution is -0.194. The van der Waals surface area contributed by atoms with E-state index in [9.17, 15) is 9.59 Å². The number of carbonyl (C=O) groups excluding carboxylic acids is 2. The van der Waals surface area contributed by atoms with Crippen molar-refractivity contribution in [2.45, 2.75) is 87.6 Å². The van der Waals surface area contributed by atoms with Crippen LogP contribution in [0.15, 0.2) is 48.6 Å². The van der Waals surface area contributed by atoms with Gasteiger partial charge >= 0.3 is 11.9 Å². The van der Waals surface area contributed by atoms with Gasteiger partial charge in [-0.05, 0) is 84.0 Å². The van der Waals surface area contributed by atoms with Crippen molar-refractivity contribution in [2.75, 3.05) is 40.6 Å².